The zero-order valence-electron chi connectivity index (χ0n) is 9.73. The predicted octanol–water partition coefficient (Wildman–Crippen LogP) is 2.18. The second-order valence-corrected chi connectivity index (χ2v) is 4.53. The largest absolute Gasteiger partial charge is 0.378 e. The van der Waals surface area contributed by atoms with Gasteiger partial charge in [-0.05, 0) is 18.2 Å². The fourth-order valence-electron chi connectivity index (χ4n) is 1.64. The summed E-state index contributed by atoms with van der Waals surface area (Å²) in [5.41, 5.74) is 7.82. The molecule has 0 amide bonds. The average molecular weight is 287 g/mol. The number of halogens is 2. The van der Waals surface area contributed by atoms with Gasteiger partial charge in [-0.15, -0.1) is 5.10 Å². The van der Waals surface area contributed by atoms with Crippen molar-refractivity contribution in [1.29, 1.82) is 0 Å². The molecular weight excluding hydrogens is 275 g/mol. The average Bonchev–Trinajstić information content (AvgIpc) is 2.71. The van der Waals surface area contributed by atoms with Gasteiger partial charge in [-0.2, -0.15) is 0 Å². The van der Waals surface area contributed by atoms with Crippen LogP contribution in [0.1, 0.15) is 11.4 Å². The number of hydrogen-bond donors (Lipinski definition) is 1. The summed E-state index contributed by atoms with van der Waals surface area (Å²) >= 11 is 11.9. The van der Waals surface area contributed by atoms with Gasteiger partial charge in [-0.1, -0.05) is 28.4 Å². The molecule has 0 bridgehead atoms. The van der Waals surface area contributed by atoms with Crippen molar-refractivity contribution >= 4 is 23.2 Å². The molecule has 0 saturated carbocycles. The first-order valence-corrected chi connectivity index (χ1v) is 6.00. The lowest BCUT2D eigenvalue weighted by Crippen LogP contribution is -2.07. The Morgan fingerprint density at radius 1 is 1.28 bits per heavy atom. The highest BCUT2D eigenvalue weighted by Crippen LogP contribution is 2.23. The van der Waals surface area contributed by atoms with Crippen LogP contribution >= 0.6 is 23.2 Å². The molecule has 0 atom stereocenters. The van der Waals surface area contributed by atoms with E-state index in [0.29, 0.717) is 28.9 Å². The van der Waals surface area contributed by atoms with E-state index in [-0.39, 0.29) is 0 Å². The smallest absolute Gasteiger partial charge is 0.102 e. The number of rotatable bonds is 4. The minimum absolute atomic E-state index is 0.299. The first-order chi connectivity index (χ1) is 8.65. The number of methoxy groups -OCH3 is 1. The molecule has 2 rings (SSSR count). The van der Waals surface area contributed by atoms with E-state index in [1.807, 2.05) is 0 Å². The number of ether oxygens (including phenoxy) is 1. The van der Waals surface area contributed by atoms with Crippen LogP contribution in [0.4, 0.5) is 0 Å². The van der Waals surface area contributed by atoms with E-state index in [2.05, 4.69) is 10.3 Å². The lowest BCUT2D eigenvalue weighted by Gasteiger charge is -2.07. The highest BCUT2D eigenvalue weighted by Gasteiger charge is 2.13. The Morgan fingerprint density at radius 3 is 2.50 bits per heavy atom. The molecule has 0 saturated heterocycles. The van der Waals surface area contributed by atoms with E-state index in [4.69, 9.17) is 33.7 Å². The summed E-state index contributed by atoms with van der Waals surface area (Å²) in [7, 11) is 1.60. The Hall–Kier alpha value is -1.14. The van der Waals surface area contributed by atoms with Gasteiger partial charge in [0, 0.05) is 23.7 Å². The van der Waals surface area contributed by atoms with Crippen LogP contribution in [0.2, 0.25) is 10.0 Å². The quantitative estimate of drug-likeness (QED) is 0.936. The van der Waals surface area contributed by atoms with Crippen LogP contribution in [0, 0.1) is 0 Å². The van der Waals surface area contributed by atoms with Gasteiger partial charge in [0.1, 0.15) is 5.69 Å². The molecule has 5 nitrogen and oxygen atoms in total. The van der Waals surface area contributed by atoms with Gasteiger partial charge in [0.05, 0.1) is 18.0 Å². The summed E-state index contributed by atoms with van der Waals surface area (Å²) in [6.45, 7) is 0.663. The minimum Gasteiger partial charge on any atom is -0.378 e. The zero-order valence-corrected chi connectivity index (χ0v) is 11.2. The molecular formula is C11H12Cl2N4O. The molecule has 0 aliphatic heterocycles. The third kappa shape index (κ3) is 2.64. The third-order valence-electron chi connectivity index (χ3n) is 2.41. The number of aromatic nitrogens is 3. The van der Waals surface area contributed by atoms with Crippen LogP contribution in [0.15, 0.2) is 18.2 Å². The van der Waals surface area contributed by atoms with Crippen LogP contribution < -0.4 is 5.73 Å². The van der Waals surface area contributed by atoms with Crippen molar-refractivity contribution in [3.8, 4) is 5.69 Å². The topological polar surface area (TPSA) is 66.0 Å². The third-order valence-corrected chi connectivity index (χ3v) is 2.85. The predicted molar refractivity (Wildman–Crippen MR) is 70.0 cm³/mol. The second-order valence-electron chi connectivity index (χ2n) is 3.66. The Labute approximate surface area is 114 Å². The van der Waals surface area contributed by atoms with Gasteiger partial charge in [0.2, 0.25) is 0 Å². The van der Waals surface area contributed by atoms with Crippen LogP contribution in [0.25, 0.3) is 5.69 Å². The van der Waals surface area contributed by atoms with Crippen LogP contribution in [0.3, 0.4) is 0 Å². The van der Waals surface area contributed by atoms with Crippen molar-refractivity contribution in [2.45, 2.75) is 13.2 Å². The summed E-state index contributed by atoms with van der Waals surface area (Å²) in [5, 5.41) is 9.12. The molecule has 0 fully saturated rings. The fraction of sp³-hybridized carbons (Fsp3) is 0.273. The maximum absolute atomic E-state index is 5.97. The molecule has 18 heavy (non-hydrogen) atoms. The van der Waals surface area contributed by atoms with Crippen LogP contribution in [0.5, 0.6) is 0 Å². The normalized spacial score (nSPS) is 10.9. The molecule has 2 N–H and O–H groups in total. The van der Waals surface area contributed by atoms with Gasteiger partial charge in [0.25, 0.3) is 0 Å². The highest BCUT2D eigenvalue weighted by molar-refractivity contribution is 6.34. The first kappa shape index (κ1) is 13.3. The standard InChI is InChI=1S/C11H12Cl2N4O/c1-18-6-11-10(5-14)15-16-17(11)9-3-7(12)2-8(13)4-9/h2-4H,5-6,14H2,1H3. The maximum atomic E-state index is 5.97. The molecule has 0 radical (unpaired) electrons. The van der Waals surface area contributed by atoms with Crippen molar-refractivity contribution in [3.63, 3.8) is 0 Å². The molecule has 1 aromatic heterocycles. The molecule has 0 unspecified atom stereocenters. The van der Waals surface area contributed by atoms with E-state index >= 15 is 0 Å². The maximum Gasteiger partial charge on any atom is 0.102 e. The van der Waals surface area contributed by atoms with Gasteiger partial charge < -0.3 is 10.5 Å². The Kier molecular flexibility index (Phi) is 4.19. The Bertz CT molecular complexity index is 536. The highest BCUT2D eigenvalue weighted by atomic mass is 35.5. The molecule has 1 heterocycles. The number of benzene rings is 1. The molecule has 96 valence electrons. The first-order valence-electron chi connectivity index (χ1n) is 5.24. The van der Waals surface area contributed by atoms with Gasteiger partial charge >= 0.3 is 0 Å². The summed E-state index contributed by atoms with van der Waals surface area (Å²) in [4.78, 5) is 0. The number of nitrogens with two attached hydrogens (primary N) is 1. The van der Waals surface area contributed by atoms with Crippen molar-refractivity contribution in [2.24, 2.45) is 5.73 Å². The van der Waals surface area contributed by atoms with E-state index in [9.17, 15) is 0 Å². The molecule has 1 aromatic carbocycles. The van der Waals surface area contributed by atoms with Gasteiger partial charge in [-0.25, -0.2) is 4.68 Å². The Morgan fingerprint density at radius 2 is 1.94 bits per heavy atom. The minimum atomic E-state index is 0.299. The van der Waals surface area contributed by atoms with Crippen molar-refractivity contribution in [3.05, 3.63) is 39.6 Å². The van der Waals surface area contributed by atoms with E-state index in [1.54, 1.807) is 30.0 Å². The molecule has 0 aliphatic rings. The summed E-state index contributed by atoms with van der Waals surface area (Å²) in [5.74, 6) is 0. The lowest BCUT2D eigenvalue weighted by molar-refractivity contribution is 0.178. The number of nitrogens with zero attached hydrogens (tertiary/aromatic N) is 3. The lowest BCUT2D eigenvalue weighted by atomic mass is 10.3. The zero-order chi connectivity index (χ0) is 13.1. The second kappa shape index (κ2) is 5.67. The molecule has 0 aliphatic carbocycles. The van der Waals surface area contributed by atoms with Crippen molar-refractivity contribution in [1.82, 2.24) is 15.0 Å². The summed E-state index contributed by atoms with van der Waals surface area (Å²) in [6, 6.07) is 5.16. The fourth-order valence-corrected chi connectivity index (χ4v) is 2.16. The van der Waals surface area contributed by atoms with Crippen LogP contribution in [-0.2, 0) is 17.9 Å². The molecule has 7 heteroatoms. The van der Waals surface area contributed by atoms with Gasteiger partial charge in [0.15, 0.2) is 0 Å². The summed E-state index contributed by atoms with van der Waals surface area (Å²) < 4.78 is 6.76. The Balaban J connectivity index is 2.52. The van der Waals surface area contributed by atoms with Crippen molar-refractivity contribution < 1.29 is 4.74 Å². The number of hydrogen-bond acceptors (Lipinski definition) is 4. The van der Waals surface area contributed by atoms with E-state index < -0.39 is 0 Å². The van der Waals surface area contributed by atoms with Gasteiger partial charge in [-0.3, -0.25) is 0 Å². The molecule has 2 aromatic rings. The van der Waals surface area contributed by atoms with E-state index in [0.717, 1.165) is 11.4 Å². The van der Waals surface area contributed by atoms with Crippen LogP contribution in [-0.4, -0.2) is 22.1 Å². The van der Waals surface area contributed by atoms with E-state index in [1.165, 1.54) is 0 Å². The summed E-state index contributed by atoms with van der Waals surface area (Å²) in [6.07, 6.45) is 0. The van der Waals surface area contributed by atoms with Crippen molar-refractivity contribution in [2.75, 3.05) is 7.11 Å². The monoisotopic (exact) mass is 286 g/mol. The SMILES string of the molecule is COCc1c(CN)nnn1-c1cc(Cl)cc(Cl)c1. The molecule has 0 spiro atoms.